The van der Waals surface area contributed by atoms with Gasteiger partial charge >= 0.3 is 0 Å². The zero-order valence-corrected chi connectivity index (χ0v) is 13.1. The highest BCUT2D eigenvalue weighted by Crippen LogP contribution is 2.30. The predicted octanol–water partition coefficient (Wildman–Crippen LogP) is 4.02. The first-order chi connectivity index (χ1) is 11.6. The number of H-pyrrole nitrogens is 1. The Morgan fingerprint density at radius 1 is 1.17 bits per heavy atom. The Morgan fingerprint density at radius 3 is 2.79 bits per heavy atom. The van der Waals surface area contributed by atoms with Gasteiger partial charge in [-0.1, -0.05) is 6.07 Å². The summed E-state index contributed by atoms with van der Waals surface area (Å²) in [4.78, 5) is 7.47. The zero-order valence-electron chi connectivity index (χ0n) is 13.1. The van der Waals surface area contributed by atoms with Crippen LogP contribution in [-0.2, 0) is 0 Å². The highest BCUT2D eigenvalue weighted by molar-refractivity contribution is 5.95. The van der Waals surface area contributed by atoms with Gasteiger partial charge in [-0.2, -0.15) is 0 Å². The van der Waals surface area contributed by atoms with Crippen molar-refractivity contribution in [3.05, 3.63) is 53.7 Å². The van der Waals surface area contributed by atoms with E-state index in [9.17, 15) is 8.78 Å². The minimum atomic E-state index is -0.890. The topological polar surface area (TPSA) is 57.7 Å². The van der Waals surface area contributed by atoms with Gasteiger partial charge in [-0.15, -0.1) is 0 Å². The normalized spacial score (nSPS) is 11.3. The van der Waals surface area contributed by atoms with Gasteiger partial charge in [-0.3, -0.25) is 0 Å². The van der Waals surface area contributed by atoms with Crippen molar-refractivity contribution in [3.8, 4) is 0 Å². The van der Waals surface area contributed by atoms with E-state index in [4.69, 9.17) is 0 Å². The number of halogens is 2. The average Bonchev–Trinajstić information content (AvgIpc) is 3.12. The van der Waals surface area contributed by atoms with Crippen LogP contribution in [-0.4, -0.2) is 21.7 Å². The van der Waals surface area contributed by atoms with Crippen LogP contribution in [0, 0.1) is 18.6 Å². The van der Waals surface area contributed by atoms with E-state index in [-0.39, 0.29) is 5.39 Å². The molecule has 0 fully saturated rings. The van der Waals surface area contributed by atoms with Crippen LogP contribution in [0.15, 0.2) is 36.5 Å². The Morgan fingerprint density at radius 2 is 2.00 bits per heavy atom. The lowest BCUT2D eigenvalue weighted by Crippen LogP contribution is -2.11. The molecule has 0 spiro atoms. The third-order valence-corrected chi connectivity index (χ3v) is 4.02. The van der Waals surface area contributed by atoms with Crippen LogP contribution >= 0.6 is 0 Å². The molecule has 0 aliphatic carbocycles. The Bertz CT molecular complexity index is 1060. The monoisotopic (exact) mass is 327 g/mol. The van der Waals surface area contributed by atoms with Gasteiger partial charge in [0.25, 0.3) is 0 Å². The van der Waals surface area contributed by atoms with Gasteiger partial charge in [0.15, 0.2) is 11.6 Å². The molecule has 24 heavy (non-hydrogen) atoms. The van der Waals surface area contributed by atoms with Crippen molar-refractivity contribution in [2.75, 3.05) is 17.8 Å². The maximum atomic E-state index is 14.2. The van der Waals surface area contributed by atoms with Gasteiger partial charge < -0.3 is 15.7 Å². The highest BCUT2D eigenvalue weighted by Gasteiger charge is 2.16. The molecule has 4 rings (SSSR count). The number of rotatable bonds is 3. The van der Waals surface area contributed by atoms with Crippen molar-refractivity contribution in [3.63, 3.8) is 0 Å². The number of benzene rings is 2. The van der Waals surface area contributed by atoms with Crippen LogP contribution in [0.1, 0.15) is 5.56 Å². The minimum Gasteiger partial charge on any atom is -0.359 e. The smallest absolute Gasteiger partial charge is 0.227 e. The van der Waals surface area contributed by atoms with Gasteiger partial charge in [-0.05, 0) is 36.8 Å². The van der Waals surface area contributed by atoms with Crippen molar-refractivity contribution in [2.24, 2.45) is 0 Å². The maximum absolute atomic E-state index is 14.2. The van der Waals surface area contributed by atoms with Crippen LogP contribution in [0.2, 0.25) is 0 Å². The molecule has 3 N–H and O–H groups in total. The SMILES string of the molecule is CNn1c(Nc2c[nH]c3ccc(F)c(F)c23)nc2cc(C)ccc21. The summed E-state index contributed by atoms with van der Waals surface area (Å²) in [5.41, 5.74) is 6.76. The van der Waals surface area contributed by atoms with Gasteiger partial charge in [0.2, 0.25) is 5.95 Å². The van der Waals surface area contributed by atoms with Crippen molar-refractivity contribution in [1.29, 1.82) is 0 Å². The summed E-state index contributed by atoms with van der Waals surface area (Å²) in [6.45, 7) is 1.99. The Hall–Kier alpha value is -3.09. The number of anilines is 2. The lowest BCUT2D eigenvalue weighted by molar-refractivity contribution is 0.517. The molecule has 0 saturated heterocycles. The molecule has 0 atom stereocenters. The fourth-order valence-electron chi connectivity index (χ4n) is 2.88. The van der Waals surface area contributed by atoms with Crippen molar-refractivity contribution in [1.82, 2.24) is 14.6 Å². The fraction of sp³-hybridized carbons (Fsp3) is 0.118. The second-order valence-corrected chi connectivity index (χ2v) is 5.60. The van der Waals surface area contributed by atoms with Crippen LogP contribution < -0.4 is 10.7 Å². The van der Waals surface area contributed by atoms with E-state index in [0.29, 0.717) is 17.2 Å². The second-order valence-electron chi connectivity index (χ2n) is 5.60. The summed E-state index contributed by atoms with van der Waals surface area (Å²) in [5.74, 6) is -1.29. The molecule has 0 radical (unpaired) electrons. The first kappa shape index (κ1) is 14.5. The molecule has 0 saturated carbocycles. The molecule has 0 aliphatic heterocycles. The molecular formula is C17H15F2N5. The predicted molar refractivity (Wildman–Crippen MR) is 91.3 cm³/mol. The molecule has 0 unspecified atom stereocenters. The van der Waals surface area contributed by atoms with Gasteiger partial charge in [0, 0.05) is 13.2 Å². The van der Waals surface area contributed by atoms with E-state index in [0.717, 1.165) is 22.7 Å². The summed E-state index contributed by atoms with van der Waals surface area (Å²) >= 11 is 0. The van der Waals surface area contributed by atoms with E-state index < -0.39 is 11.6 Å². The van der Waals surface area contributed by atoms with Crippen molar-refractivity contribution >= 4 is 33.6 Å². The third kappa shape index (κ3) is 2.09. The summed E-state index contributed by atoms with van der Waals surface area (Å²) in [7, 11) is 1.77. The van der Waals surface area contributed by atoms with Gasteiger partial charge in [0.05, 0.1) is 27.6 Å². The van der Waals surface area contributed by atoms with Crippen LogP contribution in [0.5, 0.6) is 0 Å². The summed E-state index contributed by atoms with van der Waals surface area (Å²) in [6.07, 6.45) is 1.60. The Labute approximate surface area is 136 Å². The van der Waals surface area contributed by atoms with E-state index in [1.165, 1.54) is 6.07 Å². The standard InChI is InChI=1S/C17H15F2N5/c1-9-3-6-14-12(7-9)22-17(24(14)20-2)23-13-8-21-11-5-4-10(18)16(19)15(11)13/h3-8,20-21H,1-2H3,(H,22,23). The quantitative estimate of drug-likeness (QED) is 0.533. The first-order valence-electron chi connectivity index (χ1n) is 7.47. The molecule has 0 aliphatic rings. The van der Waals surface area contributed by atoms with Gasteiger partial charge in [-0.25, -0.2) is 18.4 Å². The molecular weight excluding hydrogens is 312 g/mol. The maximum Gasteiger partial charge on any atom is 0.227 e. The number of aryl methyl sites for hydroxylation is 1. The minimum absolute atomic E-state index is 0.167. The zero-order chi connectivity index (χ0) is 16.8. The van der Waals surface area contributed by atoms with E-state index in [2.05, 4.69) is 20.7 Å². The number of hydrogen-bond donors (Lipinski definition) is 3. The Kier molecular flexibility index (Phi) is 3.16. The number of aromatic nitrogens is 3. The molecule has 4 aromatic rings. The van der Waals surface area contributed by atoms with E-state index in [1.54, 1.807) is 17.9 Å². The third-order valence-electron chi connectivity index (χ3n) is 4.02. The molecule has 2 heterocycles. The van der Waals surface area contributed by atoms with E-state index >= 15 is 0 Å². The lowest BCUT2D eigenvalue weighted by atomic mass is 10.2. The molecule has 0 bridgehead atoms. The molecule has 0 amide bonds. The summed E-state index contributed by atoms with van der Waals surface area (Å²) in [5, 5.41) is 3.24. The number of fused-ring (bicyclic) bond motifs is 2. The largest absolute Gasteiger partial charge is 0.359 e. The lowest BCUT2D eigenvalue weighted by Gasteiger charge is -2.09. The summed E-state index contributed by atoms with van der Waals surface area (Å²) < 4.78 is 29.5. The van der Waals surface area contributed by atoms with Crippen LogP contribution in [0.4, 0.5) is 20.4 Å². The molecule has 2 aromatic carbocycles. The number of aromatic amines is 1. The van der Waals surface area contributed by atoms with Gasteiger partial charge in [0.1, 0.15) is 0 Å². The molecule has 2 aromatic heterocycles. The average molecular weight is 327 g/mol. The molecule has 122 valence electrons. The highest BCUT2D eigenvalue weighted by atomic mass is 19.2. The van der Waals surface area contributed by atoms with Crippen LogP contribution in [0.3, 0.4) is 0 Å². The van der Waals surface area contributed by atoms with E-state index in [1.807, 2.05) is 25.1 Å². The first-order valence-corrected chi connectivity index (χ1v) is 7.47. The number of imidazole rings is 1. The number of nitrogens with one attached hydrogen (secondary N) is 3. The molecule has 7 heteroatoms. The van der Waals surface area contributed by atoms with Crippen molar-refractivity contribution < 1.29 is 8.78 Å². The number of nitrogens with zero attached hydrogens (tertiary/aromatic N) is 2. The van der Waals surface area contributed by atoms with Crippen LogP contribution in [0.25, 0.3) is 21.9 Å². The molecule has 5 nitrogen and oxygen atoms in total. The second kappa shape index (κ2) is 5.23. The fourth-order valence-corrected chi connectivity index (χ4v) is 2.88. The summed E-state index contributed by atoms with van der Waals surface area (Å²) in [6, 6.07) is 8.51. The van der Waals surface area contributed by atoms with Crippen molar-refractivity contribution in [2.45, 2.75) is 6.92 Å². The Balaban J connectivity index is 1.87. The number of hydrogen-bond acceptors (Lipinski definition) is 3.